The maximum absolute atomic E-state index is 13.3. The largest absolute Gasteiger partial charge is 0.298 e. The summed E-state index contributed by atoms with van der Waals surface area (Å²) in [6.45, 7) is 4.65. The van der Waals surface area contributed by atoms with E-state index in [0.717, 1.165) is 29.5 Å². The van der Waals surface area contributed by atoms with E-state index in [4.69, 9.17) is 10.2 Å². The molecule has 6 nitrogen and oxygen atoms in total. The highest BCUT2D eigenvalue weighted by Gasteiger charge is 2.25. The number of nitriles is 1. The lowest BCUT2D eigenvalue weighted by atomic mass is 9.89. The Bertz CT molecular complexity index is 1210. The van der Waals surface area contributed by atoms with Crippen LogP contribution in [-0.2, 0) is 24.2 Å². The van der Waals surface area contributed by atoms with Gasteiger partial charge in [-0.05, 0) is 49.8 Å². The number of aromatic nitrogens is 2. The fourth-order valence-corrected chi connectivity index (χ4v) is 6.36. The van der Waals surface area contributed by atoms with Gasteiger partial charge >= 0.3 is 0 Å². The Kier molecular flexibility index (Phi) is 6.44. The van der Waals surface area contributed by atoms with Crippen molar-refractivity contribution < 1.29 is 4.79 Å². The van der Waals surface area contributed by atoms with Gasteiger partial charge in [-0.2, -0.15) is 5.26 Å². The highest BCUT2D eigenvalue weighted by atomic mass is 32.2. The Balaban J connectivity index is 1.63. The summed E-state index contributed by atoms with van der Waals surface area (Å²) in [5.41, 5.74) is 1.85. The van der Waals surface area contributed by atoms with Crippen LogP contribution in [0.15, 0.2) is 40.3 Å². The molecule has 2 aromatic heterocycles. The molecular weight excluding hydrogens is 428 g/mol. The van der Waals surface area contributed by atoms with Crippen molar-refractivity contribution in [1.82, 2.24) is 9.55 Å². The molecule has 0 saturated carbocycles. The molecule has 2 heterocycles. The maximum Gasteiger partial charge on any atom is 0.263 e. The summed E-state index contributed by atoms with van der Waals surface area (Å²) >= 11 is 2.88. The summed E-state index contributed by atoms with van der Waals surface area (Å²) in [4.78, 5) is 34.5. The molecule has 1 unspecified atom stereocenters. The molecule has 0 aliphatic heterocycles. The summed E-state index contributed by atoms with van der Waals surface area (Å²) < 4.78 is 1.67. The zero-order valence-corrected chi connectivity index (χ0v) is 19.3. The van der Waals surface area contributed by atoms with Crippen LogP contribution in [0.1, 0.15) is 30.7 Å². The lowest BCUT2D eigenvalue weighted by Gasteiger charge is -2.20. The van der Waals surface area contributed by atoms with Crippen LogP contribution in [0.25, 0.3) is 10.2 Å². The van der Waals surface area contributed by atoms with E-state index < -0.39 is 0 Å². The smallest absolute Gasteiger partial charge is 0.263 e. The number of hydrogen-bond acceptors (Lipinski definition) is 6. The summed E-state index contributed by atoms with van der Waals surface area (Å²) in [7, 11) is 0. The minimum atomic E-state index is -0.186. The van der Waals surface area contributed by atoms with Gasteiger partial charge in [0.05, 0.1) is 17.2 Å². The monoisotopic (exact) mass is 452 g/mol. The predicted molar refractivity (Wildman–Crippen MR) is 126 cm³/mol. The minimum absolute atomic E-state index is 0.00792. The van der Waals surface area contributed by atoms with E-state index in [1.165, 1.54) is 27.1 Å². The number of fused-ring (bicyclic) bond motifs is 3. The molecule has 1 atom stereocenters. The first-order valence-corrected chi connectivity index (χ1v) is 12.2. The zero-order chi connectivity index (χ0) is 22.0. The molecule has 160 valence electrons. The average molecular weight is 453 g/mol. The molecule has 3 aromatic rings. The molecule has 1 amide bonds. The van der Waals surface area contributed by atoms with Crippen LogP contribution in [0.4, 0.5) is 5.69 Å². The first-order chi connectivity index (χ1) is 15.0. The second kappa shape index (κ2) is 9.25. The molecule has 1 aromatic carbocycles. The van der Waals surface area contributed by atoms with Crippen LogP contribution in [0.5, 0.6) is 0 Å². The number of carbonyl (C=O) groups is 1. The number of thioether (sulfide) groups is 1. The van der Waals surface area contributed by atoms with Gasteiger partial charge in [0.1, 0.15) is 11.4 Å². The Morgan fingerprint density at radius 1 is 1.39 bits per heavy atom. The second-order valence-corrected chi connectivity index (χ2v) is 9.76. The highest BCUT2D eigenvalue weighted by molar-refractivity contribution is 7.99. The Hall–Kier alpha value is -2.63. The molecule has 0 fully saturated rings. The van der Waals surface area contributed by atoms with E-state index in [0.29, 0.717) is 23.3 Å². The minimum Gasteiger partial charge on any atom is -0.298 e. The molecule has 0 saturated heterocycles. The van der Waals surface area contributed by atoms with Crippen LogP contribution in [0, 0.1) is 17.2 Å². The first kappa shape index (κ1) is 21.6. The number of para-hydroxylation sites is 1. The first-order valence-electron chi connectivity index (χ1n) is 10.4. The van der Waals surface area contributed by atoms with Gasteiger partial charge in [-0.3, -0.25) is 19.1 Å². The number of benzene rings is 1. The van der Waals surface area contributed by atoms with E-state index in [9.17, 15) is 9.59 Å². The van der Waals surface area contributed by atoms with Crippen LogP contribution in [0.2, 0.25) is 0 Å². The molecule has 31 heavy (non-hydrogen) atoms. The number of anilines is 1. The second-order valence-electron chi connectivity index (χ2n) is 7.74. The maximum atomic E-state index is 13.3. The molecule has 8 heteroatoms. The number of rotatable bonds is 6. The third-order valence-electron chi connectivity index (χ3n) is 5.62. The van der Waals surface area contributed by atoms with Gasteiger partial charge < -0.3 is 0 Å². The quantitative estimate of drug-likeness (QED) is 0.317. The van der Waals surface area contributed by atoms with Crippen LogP contribution in [-0.4, -0.2) is 27.8 Å². The van der Waals surface area contributed by atoms with Crippen LogP contribution >= 0.6 is 23.1 Å². The van der Waals surface area contributed by atoms with Crippen molar-refractivity contribution in [2.75, 3.05) is 17.2 Å². The topological polar surface area (TPSA) is 79.0 Å². The molecule has 0 bridgehead atoms. The van der Waals surface area contributed by atoms with Gasteiger partial charge in [-0.1, -0.05) is 36.9 Å². The van der Waals surface area contributed by atoms with Gasteiger partial charge in [-0.25, -0.2) is 4.98 Å². The fourth-order valence-electron chi connectivity index (χ4n) is 4.00. The highest BCUT2D eigenvalue weighted by Crippen LogP contribution is 2.36. The van der Waals surface area contributed by atoms with Crippen molar-refractivity contribution in [2.24, 2.45) is 5.92 Å². The van der Waals surface area contributed by atoms with Gasteiger partial charge in [0, 0.05) is 17.1 Å². The summed E-state index contributed by atoms with van der Waals surface area (Å²) in [5.74, 6) is 0.551. The van der Waals surface area contributed by atoms with Gasteiger partial charge in [0.15, 0.2) is 5.16 Å². The van der Waals surface area contributed by atoms with Crippen LogP contribution in [0.3, 0.4) is 0 Å². The Morgan fingerprint density at radius 2 is 2.16 bits per heavy atom. The van der Waals surface area contributed by atoms with Crippen molar-refractivity contribution in [3.63, 3.8) is 0 Å². The molecular formula is C23H24N4O2S2. The summed E-state index contributed by atoms with van der Waals surface area (Å²) in [5, 5.41) is 10.5. The van der Waals surface area contributed by atoms with Crippen molar-refractivity contribution in [3.8, 4) is 6.07 Å². The predicted octanol–water partition coefficient (Wildman–Crippen LogP) is 4.25. The zero-order valence-electron chi connectivity index (χ0n) is 17.6. The third-order valence-corrected chi connectivity index (χ3v) is 7.73. The Morgan fingerprint density at radius 3 is 2.87 bits per heavy atom. The molecule has 0 spiro atoms. The molecule has 1 aliphatic rings. The van der Waals surface area contributed by atoms with Crippen molar-refractivity contribution in [3.05, 3.63) is 51.1 Å². The van der Waals surface area contributed by atoms with E-state index in [2.05, 4.69) is 13.0 Å². The van der Waals surface area contributed by atoms with Crippen molar-refractivity contribution in [2.45, 2.75) is 44.8 Å². The van der Waals surface area contributed by atoms with Crippen molar-refractivity contribution in [1.29, 1.82) is 5.26 Å². The lowest BCUT2D eigenvalue weighted by molar-refractivity contribution is -0.116. The molecule has 4 rings (SSSR count). The standard InChI is InChI=1S/C23H24N4O2S2/c1-3-26-22(29)20-17-10-9-15(2)13-18(17)31-21(20)25-23(26)30-14-19(28)27(12-11-24)16-7-5-4-6-8-16/h4-8,15H,3,9-10,12-14H2,1-2H3. The normalized spacial score (nSPS) is 15.5. The SMILES string of the molecule is CCn1c(SCC(=O)N(CC#N)c2ccccc2)nc2sc3c(c2c1=O)CCC(C)C3. The number of amides is 1. The summed E-state index contributed by atoms with van der Waals surface area (Å²) in [6, 6.07) is 11.2. The Labute approximate surface area is 189 Å². The number of carbonyl (C=O) groups excluding carboxylic acids is 1. The van der Waals surface area contributed by atoms with Gasteiger partial charge in [-0.15, -0.1) is 11.3 Å². The number of aryl methyl sites for hydroxylation is 1. The molecule has 0 radical (unpaired) electrons. The number of hydrogen-bond donors (Lipinski definition) is 0. The van der Waals surface area contributed by atoms with Gasteiger partial charge in [0.25, 0.3) is 5.56 Å². The number of nitrogens with zero attached hydrogens (tertiary/aromatic N) is 4. The van der Waals surface area contributed by atoms with Crippen molar-refractivity contribution >= 4 is 44.9 Å². The fraction of sp³-hybridized carbons (Fsp3) is 0.391. The summed E-state index contributed by atoms with van der Waals surface area (Å²) in [6.07, 6.45) is 3.04. The number of thiophene rings is 1. The lowest BCUT2D eigenvalue weighted by Crippen LogP contribution is -2.33. The van der Waals surface area contributed by atoms with E-state index in [1.807, 2.05) is 37.3 Å². The molecule has 1 aliphatic carbocycles. The van der Waals surface area contributed by atoms with Gasteiger partial charge in [0.2, 0.25) is 5.91 Å². The van der Waals surface area contributed by atoms with Crippen LogP contribution < -0.4 is 10.5 Å². The van der Waals surface area contributed by atoms with E-state index in [-0.39, 0.29) is 23.8 Å². The van der Waals surface area contributed by atoms with E-state index in [1.54, 1.807) is 15.9 Å². The average Bonchev–Trinajstić information content (AvgIpc) is 3.14. The van der Waals surface area contributed by atoms with E-state index >= 15 is 0 Å². The molecule has 0 N–H and O–H groups in total. The third kappa shape index (κ3) is 4.25.